The quantitative estimate of drug-likeness (QED) is 0.444. The molecular weight excluding hydrogens is 403 g/mol. The monoisotopic (exact) mass is 426 g/mol. The van der Waals surface area contributed by atoms with E-state index in [4.69, 9.17) is 14.6 Å². The molecule has 154 valence electrons. The Kier molecular flexibility index (Phi) is 5.05. The normalized spacial score (nSPS) is 15.1. The second kappa shape index (κ2) is 8.01. The van der Waals surface area contributed by atoms with E-state index >= 15 is 0 Å². The highest BCUT2D eigenvalue weighted by Crippen LogP contribution is 2.45. The molecule has 0 N–H and O–H groups in total. The van der Waals surface area contributed by atoms with Crippen molar-refractivity contribution in [1.82, 2.24) is 9.78 Å². The molecule has 4 aromatic rings. The van der Waals surface area contributed by atoms with Crippen molar-refractivity contribution in [2.24, 2.45) is 4.99 Å². The predicted octanol–water partition coefficient (Wildman–Crippen LogP) is 4.70. The van der Waals surface area contributed by atoms with E-state index in [9.17, 15) is 0 Å². The summed E-state index contributed by atoms with van der Waals surface area (Å²) in [6.07, 6.45) is 0. The van der Waals surface area contributed by atoms with Crippen LogP contribution in [0.15, 0.2) is 89.9 Å². The van der Waals surface area contributed by atoms with Crippen molar-refractivity contribution in [3.05, 3.63) is 96.2 Å². The predicted molar refractivity (Wildman–Crippen MR) is 129 cm³/mol. The van der Waals surface area contributed by atoms with Gasteiger partial charge in [-0.15, -0.1) is 0 Å². The molecule has 0 saturated carbocycles. The summed E-state index contributed by atoms with van der Waals surface area (Å²) < 4.78 is 8.49. The van der Waals surface area contributed by atoms with E-state index in [1.165, 1.54) is 0 Å². The minimum absolute atomic E-state index is 0.632. The number of anilines is 1. The van der Waals surface area contributed by atoms with Gasteiger partial charge in [0.05, 0.1) is 16.7 Å². The third-order valence-corrected chi connectivity index (χ3v) is 7.27. The van der Waals surface area contributed by atoms with Crippen LogP contribution in [0.4, 0.5) is 11.5 Å². The molecule has 1 unspecified atom stereocenters. The van der Waals surface area contributed by atoms with Gasteiger partial charge in [-0.3, -0.25) is 0 Å². The van der Waals surface area contributed by atoms with Crippen LogP contribution in [-0.2, 0) is 4.52 Å². The van der Waals surface area contributed by atoms with Gasteiger partial charge in [-0.2, -0.15) is 10.1 Å². The Bertz CT molecular complexity index is 1230. The van der Waals surface area contributed by atoms with Crippen LogP contribution in [0.1, 0.15) is 11.3 Å². The van der Waals surface area contributed by atoms with Gasteiger partial charge in [-0.05, 0) is 55.5 Å². The van der Waals surface area contributed by atoms with Crippen molar-refractivity contribution >= 4 is 36.2 Å². The summed E-state index contributed by atoms with van der Waals surface area (Å²) in [5, 5.41) is 7.06. The second-order valence-electron chi connectivity index (χ2n) is 7.58. The SMILES string of the molecule is Cc1nn(-c2ccccc2)c2c1P(c1ccc(N(C)C)cc1)OC(c1ccccc1)=N2. The number of para-hydroxylation sites is 1. The van der Waals surface area contributed by atoms with E-state index in [0.717, 1.165) is 39.1 Å². The molecule has 3 aromatic carbocycles. The zero-order chi connectivity index (χ0) is 21.4. The Hall–Kier alpha value is -3.43. The molecule has 6 heteroatoms. The molecule has 31 heavy (non-hydrogen) atoms. The van der Waals surface area contributed by atoms with Gasteiger partial charge in [0.25, 0.3) is 0 Å². The molecule has 0 fully saturated rings. The molecular formula is C25H23N4OP. The number of nitrogens with zero attached hydrogens (tertiary/aromatic N) is 4. The highest BCUT2D eigenvalue weighted by Gasteiger charge is 2.33. The van der Waals surface area contributed by atoms with Crippen LogP contribution < -0.4 is 15.5 Å². The lowest BCUT2D eigenvalue weighted by Crippen LogP contribution is -2.23. The average Bonchev–Trinajstić information content (AvgIpc) is 3.16. The van der Waals surface area contributed by atoms with Gasteiger partial charge in [0.1, 0.15) is 0 Å². The fourth-order valence-corrected chi connectivity index (χ4v) is 5.47. The first-order chi connectivity index (χ1) is 15.1. The van der Waals surface area contributed by atoms with E-state index in [-0.39, 0.29) is 0 Å². The topological polar surface area (TPSA) is 42.7 Å². The van der Waals surface area contributed by atoms with Gasteiger partial charge in [-0.1, -0.05) is 36.4 Å². The zero-order valence-electron chi connectivity index (χ0n) is 17.7. The third kappa shape index (κ3) is 3.62. The largest absolute Gasteiger partial charge is 0.446 e. The number of aliphatic imine (C=N–C) groups is 1. The number of aryl methyl sites for hydroxylation is 1. The smallest absolute Gasteiger partial charge is 0.226 e. The molecule has 1 aliphatic heterocycles. The number of hydrogen-bond acceptors (Lipinski definition) is 4. The number of hydrogen-bond donors (Lipinski definition) is 0. The summed E-state index contributed by atoms with van der Waals surface area (Å²) in [6.45, 7) is 2.04. The number of rotatable bonds is 4. The van der Waals surface area contributed by atoms with Crippen LogP contribution in [0.25, 0.3) is 5.69 Å². The van der Waals surface area contributed by atoms with Gasteiger partial charge in [0.15, 0.2) is 14.0 Å². The van der Waals surface area contributed by atoms with Gasteiger partial charge in [-0.25, -0.2) is 4.68 Å². The van der Waals surface area contributed by atoms with E-state index < -0.39 is 8.15 Å². The second-order valence-corrected chi connectivity index (χ2v) is 9.32. The Morgan fingerprint density at radius 1 is 0.839 bits per heavy atom. The van der Waals surface area contributed by atoms with Crippen LogP contribution in [0.3, 0.4) is 0 Å². The first-order valence-corrected chi connectivity index (χ1v) is 11.4. The molecule has 5 nitrogen and oxygen atoms in total. The maximum Gasteiger partial charge on any atom is 0.226 e. The van der Waals surface area contributed by atoms with Crippen LogP contribution in [0, 0.1) is 6.92 Å². The number of aromatic nitrogens is 2. The summed E-state index contributed by atoms with van der Waals surface area (Å²) in [5.74, 6) is 1.48. The van der Waals surface area contributed by atoms with Crippen molar-refractivity contribution in [3.63, 3.8) is 0 Å². The molecule has 0 amide bonds. The van der Waals surface area contributed by atoms with E-state index in [0.29, 0.717) is 5.90 Å². The molecule has 1 aliphatic rings. The van der Waals surface area contributed by atoms with Crippen LogP contribution >= 0.6 is 8.15 Å². The molecule has 0 saturated heterocycles. The fourth-order valence-electron chi connectivity index (χ4n) is 3.61. The Balaban J connectivity index is 1.68. The molecule has 2 heterocycles. The Labute approximate surface area is 183 Å². The van der Waals surface area contributed by atoms with E-state index in [2.05, 4.69) is 29.2 Å². The average molecular weight is 426 g/mol. The zero-order valence-corrected chi connectivity index (χ0v) is 18.6. The molecule has 0 aliphatic carbocycles. The maximum absolute atomic E-state index is 6.56. The first-order valence-electron chi connectivity index (χ1n) is 10.2. The van der Waals surface area contributed by atoms with Crippen molar-refractivity contribution in [3.8, 4) is 5.69 Å². The van der Waals surface area contributed by atoms with Gasteiger partial charge < -0.3 is 9.42 Å². The third-order valence-electron chi connectivity index (χ3n) is 5.22. The molecule has 0 spiro atoms. The molecule has 0 radical (unpaired) electrons. The first kappa shape index (κ1) is 19.5. The number of benzene rings is 3. The van der Waals surface area contributed by atoms with Crippen molar-refractivity contribution in [1.29, 1.82) is 0 Å². The lowest BCUT2D eigenvalue weighted by atomic mass is 10.2. The lowest BCUT2D eigenvalue weighted by molar-refractivity contribution is 0.624. The minimum Gasteiger partial charge on any atom is -0.446 e. The molecule has 1 atom stereocenters. The van der Waals surface area contributed by atoms with Gasteiger partial charge in [0, 0.05) is 30.7 Å². The van der Waals surface area contributed by atoms with Crippen molar-refractivity contribution < 1.29 is 4.52 Å². The van der Waals surface area contributed by atoms with E-state index in [1.54, 1.807) is 0 Å². The van der Waals surface area contributed by atoms with Crippen molar-refractivity contribution in [2.45, 2.75) is 6.92 Å². The van der Waals surface area contributed by atoms with Gasteiger partial charge in [0.2, 0.25) is 5.90 Å². The standard InChI is InChI=1S/C25H23N4OP/c1-18-23-24(29(27-18)21-12-8-5-9-13-21)26-25(19-10-6-4-7-11-19)30-31(23)22-16-14-20(15-17-22)28(2)3/h4-17H,1-3H3. The Morgan fingerprint density at radius 3 is 2.13 bits per heavy atom. The summed E-state index contributed by atoms with van der Waals surface area (Å²) >= 11 is 0. The summed E-state index contributed by atoms with van der Waals surface area (Å²) in [7, 11) is 2.99. The Morgan fingerprint density at radius 2 is 1.48 bits per heavy atom. The maximum atomic E-state index is 6.56. The van der Waals surface area contributed by atoms with Gasteiger partial charge >= 0.3 is 0 Å². The molecule has 0 bridgehead atoms. The summed E-state index contributed by atoms with van der Waals surface area (Å²) in [6, 6.07) is 28.8. The minimum atomic E-state index is -1.10. The summed E-state index contributed by atoms with van der Waals surface area (Å²) in [4.78, 5) is 7.03. The van der Waals surface area contributed by atoms with Crippen LogP contribution in [0.5, 0.6) is 0 Å². The van der Waals surface area contributed by atoms with Crippen LogP contribution in [-0.4, -0.2) is 29.8 Å². The molecule has 1 aromatic heterocycles. The highest BCUT2D eigenvalue weighted by molar-refractivity contribution is 7.69. The van der Waals surface area contributed by atoms with Crippen LogP contribution in [0.2, 0.25) is 0 Å². The molecule has 5 rings (SSSR count). The number of fused-ring (bicyclic) bond motifs is 1. The van der Waals surface area contributed by atoms with Crippen molar-refractivity contribution in [2.75, 3.05) is 19.0 Å². The lowest BCUT2D eigenvalue weighted by Gasteiger charge is -2.25. The van der Waals surface area contributed by atoms with E-state index in [1.807, 2.05) is 86.4 Å². The summed E-state index contributed by atoms with van der Waals surface area (Å²) in [5.41, 5.74) is 4.05. The highest BCUT2D eigenvalue weighted by atomic mass is 31.1. The fraction of sp³-hybridized carbons (Fsp3) is 0.120.